The number of hydrogen-bond donors (Lipinski definition) is 0. The van der Waals surface area contributed by atoms with Crippen molar-refractivity contribution < 1.29 is 0 Å². The van der Waals surface area contributed by atoms with Gasteiger partial charge in [0.1, 0.15) is 0 Å². The zero-order chi connectivity index (χ0) is 9.31. The first-order valence-corrected chi connectivity index (χ1v) is 4.91. The Balaban J connectivity index is 2.50. The van der Waals surface area contributed by atoms with Crippen molar-refractivity contribution in [1.82, 2.24) is 0 Å². The van der Waals surface area contributed by atoms with Gasteiger partial charge in [0.25, 0.3) is 0 Å². The second-order valence-corrected chi connectivity index (χ2v) is 3.92. The summed E-state index contributed by atoms with van der Waals surface area (Å²) in [6.07, 6.45) is 4.61. The SMILES string of the molecule is CCCC1(C)C=c2ccccc2=N1. The molecule has 1 aromatic carbocycles. The molecule has 0 radical (unpaired) electrons. The van der Waals surface area contributed by atoms with E-state index in [1.165, 1.54) is 11.6 Å². The van der Waals surface area contributed by atoms with Crippen LogP contribution in [0.2, 0.25) is 0 Å². The molecule has 0 fully saturated rings. The summed E-state index contributed by atoms with van der Waals surface area (Å²) in [5.41, 5.74) is 0.0540. The first-order valence-electron chi connectivity index (χ1n) is 4.91. The molecular formula is C12H15N. The molecule has 1 aliphatic heterocycles. The van der Waals surface area contributed by atoms with E-state index < -0.39 is 0 Å². The Hall–Kier alpha value is -1.11. The van der Waals surface area contributed by atoms with Gasteiger partial charge in [-0.05, 0) is 30.7 Å². The molecule has 0 aliphatic carbocycles. The summed E-state index contributed by atoms with van der Waals surface area (Å²) >= 11 is 0. The van der Waals surface area contributed by atoms with Crippen molar-refractivity contribution >= 4 is 6.08 Å². The Morgan fingerprint density at radius 1 is 1.31 bits per heavy atom. The summed E-state index contributed by atoms with van der Waals surface area (Å²) in [5.74, 6) is 0. The van der Waals surface area contributed by atoms with E-state index in [1.807, 2.05) is 6.07 Å². The first kappa shape index (κ1) is 8.49. The Morgan fingerprint density at radius 2 is 2.08 bits per heavy atom. The van der Waals surface area contributed by atoms with Crippen molar-refractivity contribution in [3.05, 3.63) is 34.8 Å². The predicted octanol–water partition coefficient (Wildman–Crippen LogP) is 1.66. The minimum absolute atomic E-state index is 0.0540. The maximum atomic E-state index is 4.72. The third kappa shape index (κ3) is 1.51. The minimum atomic E-state index is 0.0540. The minimum Gasteiger partial charge on any atom is -0.274 e. The quantitative estimate of drug-likeness (QED) is 0.645. The largest absolute Gasteiger partial charge is 0.274 e. The molecule has 1 aromatic rings. The van der Waals surface area contributed by atoms with Crippen molar-refractivity contribution in [3.63, 3.8) is 0 Å². The molecule has 1 unspecified atom stereocenters. The van der Waals surface area contributed by atoms with Crippen molar-refractivity contribution in [2.45, 2.75) is 32.2 Å². The van der Waals surface area contributed by atoms with E-state index in [9.17, 15) is 0 Å². The molecule has 1 heteroatoms. The summed E-state index contributed by atoms with van der Waals surface area (Å²) in [6.45, 7) is 4.41. The maximum absolute atomic E-state index is 4.72. The van der Waals surface area contributed by atoms with Gasteiger partial charge in [-0.3, -0.25) is 4.99 Å². The van der Waals surface area contributed by atoms with E-state index in [-0.39, 0.29) is 5.54 Å². The Labute approximate surface area is 78.8 Å². The molecule has 1 nitrogen and oxygen atoms in total. The molecular weight excluding hydrogens is 158 g/mol. The lowest BCUT2D eigenvalue weighted by atomic mass is 9.97. The van der Waals surface area contributed by atoms with Crippen molar-refractivity contribution in [2.24, 2.45) is 4.99 Å². The second kappa shape index (κ2) is 2.99. The zero-order valence-electron chi connectivity index (χ0n) is 8.25. The van der Waals surface area contributed by atoms with Crippen molar-refractivity contribution in [2.75, 3.05) is 0 Å². The third-order valence-corrected chi connectivity index (χ3v) is 2.54. The summed E-state index contributed by atoms with van der Waals surface area (Å²) < 4.78 is 0. The summed E-state index contributed by atoms with van der Waals surface area (Å²) in [4.78, 5) is 4.72. The average molecular weight is 173 g/mol. The van der Waals surface area contributed by atoms with Crippen LogP contribution < -0.4 is 10.6 Å². The molecule has 2 rings (SSSR count). The number of para-hydroxylation sites is 1. The second-order valence-electron chi connectivity index (χ2n) is 3.92. The first-order chi connectivity index (χ1) is 6.23. The van der Waals surface area contributed by atoms with E-state index in [4.69, 9.17) is 4.99 Å². The van der Waals surface area contributed by atoms with Gasteiger partial charge in [-0.25, -0.2) is 0 Å². The van der Waals surface area contributed by atoms with Gasteiger partial charge in [-0.1, -0.05) is 31.5 Å². The lowest BCUT2D eigenvalue weighted by Gasteiger charge is -2.16. The van der Waals surface area contributed by atoms with E-state index >= 15 is 0 Å². The monoisotopic (exact) mass is 173 g/mol. The van der Waals surface area contributed by atoms with Gasteiger partial charge >= 0.3 is 0 Å². The van der Waals surface area contributed by atoms with Crippen molar-refractivity contribution in [1.29, 1.82) is 0 Å². The Kier molecular flexibility index (Phi) is 1.95. The number of nitrogens with zero attached hydrogens (tertiary/aromatic N) is 1. The van der Waals surface area contributed by atoms with Crippen molar-refractivity contribution in [3.8, 4) is 0 Å². The smallest absolute Gasteiger partial charge is 0.0776 e. The molecule has 0 saturated heterocycles. The van der Waals surface area contributed by atoms with Gasteiger partial charge in [0.05, 0.1) is 10.9 Å². The van der Waals surface area contributed by atoms with E-state index in [0.29, 0.717) is 0 Å². The Morgan fingerprint density at radius 3 is 2.77 bits per heavy atom. The van der Waals surface area contributed by atoms with Gasteiger partial charge in [-0.15, -0.1) is 0 Å². The number of fused-ring (bicyclic) bond motifs is 1. The molecule has 1 heterocycles. The van der Waals surface area contributed by atoms with E-state index in [1.54, 1.807) is 0 Å². The molecule has 0 spiro atoms. The van der Waals surface area contributed by atoms with E-state index in [0.717, 1.165) is 11.8 Å². The van der Waals surface area contributed by atoms with Crippen LogP contribution in [0.1, 0.15) is 26.7 Å². The van der Waals surface area contributed by atoms with Crippen LogP contribution in [-0.4, -0.2) is 5.54 Å². The number of benzene rings is 1. The molecule has 68 valence electrons. The molecule has 1 atom stereocenters. The molecule has 0 aromatic heterocycles. The van der Waals surface area contributed by atoms with Crippen LogP contribution in [0.15, 0.2) is 29.3 Å². The lowest BCUT2D eigenvalue weighted by molar-refractivity contribution is 0.554. The molecule has 0 N–H and O–H groups in total. The summed E-state index contributed by atoms with van der Waals surface area (Å²) in [5, 5.41) is 2.44. The fourth-order valence-corrected chi connectivity index (χ4v) is 1.99. The average Bonchev–Trinajstić information content (AvgIpc) is 2.40. The predicted molar refractivity (Wildman–Crippen MR) is 55.0 cm³/mol. The highest BCUT2D eigenvalue weighted by molar-refractivity contribution is 5.40. The van der Waals surface area contributed by atoms with Crippen LogP contribution >= 0.6 is 0 Å². The lowest BCUT2D eigenvalue weighted by Crippen LogP contribution is -2.19. The topological polar surface area (TPSA) is 12.4 Å². The molecule has 1 aliphatic rings. The molecule has 0 amide bonds. The normalized spacial score (nSPS) is 24.8. The Bertz CT molecular complexity index is 382. The molecule has 13 heavy (non-hydrogen) atoms. The van der Waals surface area contributed by atoms with Gasteiger partial charge in [0.2, 0.25) is 0 Å². The molecule has 0 bridgehead atoms. The maximum Gasteiger partial charge on any atom is 0.0776 e. The molecule has 0 saturated carbocycles. The van der Waals surface area contributed by atoms with E-state index in [2.05, 4.69) is 38.1 Å². The highest BCUT2D eigenvalue weighted by atomic mass is 14.9. The van der Waals surface area contributed by atoms with Gasteiger partial charge in [0, 0.05) is 0 Å². The number of rotatable bonds is 2. The van der Waals surface area contributed by atoms with Gasteiger partial charge < -0.3 is 0 Å². The summed E-state index contributed by atoms with van der Waals surface area (Å²) in [7, 11) is 0. The van der Waals surface area contributed by atoms with Crippen LogP contribution in [0.5, 0.6) is 0 Å². The summed E-state index contributed by atoms with van der Waals surface area (Å²) in [6, 6.07) is 8.35. The van der Waals surface area contributed by atoms with Gasteiger partial charge in [0.15, 0.2) is 0 Å². The fourth-order valence-electron chi connectivity index (χ4n) is 1.99. The standard InChI is InChI=1S/C12H15N/c1-3-8-12(2)9-10-6-4-5-7-11(10)13-12/h4-7,9H,3,8H2,1-2H3. The number of hydrogen-bond acceptors (Lipinski definition) is 1. The van der Waals surface area contributed by atoms with Crippen LogP contribution in [-0.2, 0) is 0 Å². The van der Waals surface area contributed by atoms with Gasteiger partial charge in [-0.2, -0.15) is 0 Å². The van der Waals surface area contributed by atoms with Crippen LogP contribution in [0.3, 0.4) is 0 Å². The fraction of sp³-hybridized carbons (Fsp3) is 0.417. The zero-order valence-corrected chi connectivity index (χ0v) is 8.25. The third-order valence-electron chi connectivity index (χ3n) is 2.54. The highest BCUT2D eigenvalue weighted by Crippen LogP contribution is 2.19. The van der Waals surface area contributed by atoms with Crippen LogP contribution in [0.25, 0.3) is 6.08 Å². The van der Waals surface area contributed by atoms with Crippen LogP contribution in [0.4, 0.5) is 0 Å². The highest BCUT2D eigenvalue weighted by Gasteiger charge is 2.21. The van der Waals surface area contributed by atoms with Crippen LogP contribution in [0, 0.1) is 0 Å².